The van der Waals surface area contributed by atoms with Crippen molar-refractivity contribution in [3.8, 4) is 0 Å². The van der Waals surface area contributed by atoms with E-state index in [0.29, 0.717) is 27.7 Å². The predicted molar refractivity (Wildman–Crippen MR) is 81.4 cm³/mol. The van der Waals surface area contributed by atoms with Crippen LogP contribution >= 0.6 is 34.8 Å². The number of hydrogen-bond acceptors (Lipinski definition) is 2. The van der Waals surface area contributed by atoms with E-state index < -0.39 is 0 Å². The number of nitrogens with one attached hydrogen (secondary N) is 1. The summed E-state index contributed by atoms with van der Waals surface area (Å²) in [6.07, 6.45) is 3.71. The van der Waals surface area contributed by atoms with Crippen LogP contribution in [0.15, 0.2) is 24.5 Å². The molecular weight excluding hydrogens is 305 g/mol. The van der Waals surface area contributed by atoms with Crippen LogP contribution in [0.1, 0.15) is 25.5 Å². The molecule has 102 valence electrons. The average molecular weight is 319 g/mol. The van der Waals surface area contributed by atoms with Crippen LogP contribution in [0.5, 0.6) is 0 Å². The fourth-order valence-corrected chi connectivity index (χ4v) is 2.31. The molecule has 0 amide bonds. The van der Waals surface area contributed by atoms with Crippen LogP contribution < -0.4 is 5.32 Å². The molecule has 0 aliphatic heterocycles. The van der Waals surface area contributed by atoms with Gasteiger partial charge < -0.3 is 5.32 Å². The maximum absolute atomic E-state index is 6.14. The Labute approximate surface area is 127 Å². The molecule has 19 heavy (non-hydrogen) atoms. The normalized spacial score (nSPS) is 11.1. The van der Waals surface area contributed by atoms with Crippen LogP contribution in [0.2, 0.25) is 15.1 Å². The van der Waals surface area contributed by atoms with Gasteiger partial charge in [-0.2, -0.15) is 5.10 Å². The van der Waals surface area contributed by atoms with E-state index in [1.807, 2.05) is 10.9 Å². The highest BCUT2D eigenvalue weighted by Gasteiger charge is 2.10. The zero-order valence-electron chi connectivity index (χ0n) is 10.6. The molecule has 1 N–H and O–H groups in total. The van der Waals surface area contributed by atoms with E-state index >= 15 is 0 Å². The van der Waals surface area contributed by atoms with Gasteiger partial charge in [-0.1, -0.05) is 34.8 Å². The molecular formula is C13H14Cl3N3. The highest BCUT2D eigenvalue weighted by atomic mass is 35.5. The molecule has 1 heterocycles. The van der Waals surface area contributed by atoms with Crippen LogP contribution in [0.3, 0.4) is 0 Å². The monoisotopic (exact) mass is 317 g/mol. The van der Waals surface area contributed by atoms with Crippen molar-refractivity contribution in [3.63, 3.8) is 0 Å². The Balaban J connectivity index is 2.12. The van der Waals surface area contributed by atoms with Gasteiger partial charge in [-0.25, -0.2) is 0 Å². The second-order valence-corrected chi connectivity index (χ2v) is 5.67. The molecule has 0 spiro atoms. The van der Waals surface area contributed by atoms with E-state index in [0.717, 1.165) is 11.3 Å². The standard InChI is InChI=1S/C13H14Cl3N3/c1-8(2)19-7-9(5-18-19)17-6-10-11(14)3-4-12(15)13(10)16/h3-5,7-8,17H,6H2,1-2H3. The number of benzene rings is 1. The second kappa shape index (κ2) is 6.04. The molecule has 0 bridgehead atoms. The maximum Gasteiger partial charge on any atom is 0.0729 e. The summed E-state index contributed by atoms with van der Waals surface area (Å²) in [6.45, 7) is 4.64. The molecule has 2 aromatic rings. The van der Waals surface area contributed by atoms with Crippen LogP contribution in [-0.2, 0) is 6.54 Å². The molecule has 0 saturated carbocycles. The summed E-state index contributed by atoms with van der Waals surface area (Å²) in [7, 11) is 0. The first kappa shape index (κ1) is 14.5. The third-order valence-corrected chi connectivity index (χ3v) is 3.94. The van der Waals surface area contributed by atoms with Gasteiger partial charge in [-0.3, -0.25) is 4.68 Å². The number of aromatic nitrogens is 2. The molecule has 0 aliphatic carbocycles. The van der Waals surface area contributed by atoms with Crippen LogP contribution in [-0.4, -0.2) is 9.78 Å². The quantitative estimate of drug-likeness (QED) is 0.801. The lowest BCUT2D eigenvalue weighted by Crippen LogP contribution is -2.02. The lowest BCUT2D eigenvalue weighted by atomic mass is 10.2. The molecule has 0 aliphatic rings. The summed E-state index contributed by atoms with van der Waals surface area (Å²) < 4.78 is 1.88. The van der Waals surface area contributed by atoms with Crippen molar-refractivity contribution in [3.05, 3.63) is 45.2 Å². The van der Waals surface area contributed by atoms with Gasteiger partial charge in [0.15, 0.2) is 0 Å². The van der Waals surface area contributed by atoms with Gasteiger partial charge >= 0.3 is 0 Å². The van der Waals surface area contributed by atoms with Crippen LogP contribution in [0, 0.1) is 0 Å². The topological polar surface area (TPSA) is 29.9 Å². The summed E-state index contributed by atoms with van der Waals surface area (Å²) >= 11 is 18.2. The van der Waals surface area contributed by atoms with Gasteiger partial charge in [0.25, 0.3) is 0 Å². The Bertz CT molecular complexity index is 579. The van der Waals surface area contributed by atoms with Crippen molar-refractivity contribution in [2.24, 2.45) is 0 Å². The van der Waals surface area contributed by atoms with Crippen molar-refractivity contribution >= 4 is 40.5 Å². The molecule has 0 fully saturated rings. The number of rotatable bonds is 4. The largest absolute Gasteiger partial charge is 0.378 e. The minimum absolute atomic E-state index is 0.328. The Morgan fingerprint density at radius 2 is 1.89 bits per heavy atom. The van der Waals surface area contributed by atoms with Gasteiger partial charge in [-0.15, -0.1) is 0 Å². The van der Waals surface area contributed by atoms with E-state index in [-0.39, 0.29) is 0 Å². The fourth-order valence-electron chi connectivity index (χ4n) is 1.63. The molecule has 3 nitrogen and oxygen atoms in total. The molecule has 0 unspecified atom stereocenters. The first-order chi connectivity index (χ1) is 8.99. The minimum Gasteiger partial charge on any atom is -0.378 e. The highest BCUT2D eigenvalue weighted by molar-refractivity contribution is 6.44. The summed E-state index contributed by atoms with van der Waals surface area (Å²) in [5.41, 5.74) is 1.70. The zero-order chi connectivity index (χ0) is 14.0. The molecule has 0 atom stereocenters. The number of anilines is 1. The smallest absolute Gasteiger partial charge is 0.0729 e. The van der Waals surface area contributed by atoms with E-state index in [2.05, 4.69) is 24.3 Å². The molecule has 6 heteroatoms. The van der Waals surface area contributed by atoms with E-state index in [4.69, 9.17) is 34.8 Å². The lowest BCUT2D eigenvalue weighted by Gasteiger charge is -2.09. The second-order valence-electron chi connectivity index (χ2n) is 4.48. The van der Waals surface area contributed by atoms with Gasteiger partial charge in [0, 0.05) is 29.4 Å². The third-order valence-electron chi connectivity index (χ3n) is 2.74. The SMILES string of the molecule is CC(C)n1cc(NCc2c(Cl)ccc(Cl)c2Cl)cn1. The van der Waals surface area contributed by atoms with Gasteiger partial charge in [-0.05, 0) is 26.0 Å². The van der Waals surface area contributed by atoms with Crippen molar-refractivity contribution in [1.82, 2.24) is 9.78 Å². The molecule has 0 radical (unpaired) electrons. The summed E-state index contributed by atoms with van der Waals surface area (Å²) in [5.74, 6) is 0. The van der Waals surface area contributed by atoms with Crippen molar-refractivity contribution in [1.29, 1.82) is 0 Å². The Morgan fingerprint density at radius 3 is 2.53 bits per heavy atom. The van der Waals surface area contributed by atoms with E-state index in [1.165, 1.54) is 0 Å². The van der Waals surface area contributed by atoms with Crippen LogP contribution in [0.25, 0.3) is 0 Å². The summed E-state index contributed by atoms with van der Waals surface area (Å²) in [4.78, 5) is 0. The number of halogens is 3. The van der Waals surface area contributed by atoms with Crippen LogP contribution in [0.4, 0.5) is 5.69 Å². The zero-order valence-corrected chi connectivity index (χ0v) is 12.9. The van der Waals surface area contributed by atoms with Crippen molar-refractivity contribution in [2.45, 2.75) is 26.4 Å². The third kappa shape index (κ3) is 3.35. The highest BCUT2D eigenvalue weighted by Crippen LogP contribution is 2.31. The molecule has 2 rings (SSSR count). The summed E-state index contributed by atoms with van der Waals surface area (Å²) in [6, 6.07) is 3.76. The Morgan fingerprint density at radius 1 is 1.21 bits per heavy atom. The van der Waals surface area contributed by atoms with Gasteiger partial charge in [0.2, 0.25) is 0 Å². The predicted octanol–water partition coefficient (Wildman–Crippen LogP) is 5.04. The lowest BCUT2D eigenvalue weighted by molar-refractivity contribution is 0.532. The fraction of sp³-hybridized carbons (Fsp3) is 0.308. The van der Waals surface area contributed by atoms with Crippen molar-refractivity contribution in [2.75, 3.05) is 5.32 Å². The summed E-state index contributed by atoms with van der Waals surface area (Å²) in [5, 5.41) is 9.07. The van der Waals surface area contributed by atoms with Crippen molar-refractivity contribution < 1.29 is 0 Å². The average Bonchev–Trinajstić information content (AvgIpc) is 2.83. The first-order valence-electron chi connectivity index (χ1n) is 5.89. The van der Waals surface area contributed by atoms with E-state index in [9.17, 15) is 0 Å². The van der Waals surface area contributed by atoms with E-state index in [1.54, 1.807) is 18.3 Å². The number of nitrogens with zero attached hydrogens (tertiary/aromatic N) is 2. The Hall–Kier alpha value is -0.900. The Kier molecular flexibility index (Phi) is 4.61. The van der Waals surface area contributed by atoms with Gasteiger partial charge in [0.1, 0.15) is 0 Å². The molecule has 1 aromatic heterocycles. The number of hydrogen-bond donors (Lipinski definition) is 1. The first-order valence-corrected chi connectivity index (χ1v) is 7.03. The maximum atomic E-state index is 6.14. The minimum atomic E-state index is 0.328. The van der Waals surface area contributed by atoms with Gasteiger partial charge in [0.05, 0.1) is 21.9 Å². The molecule has 0 saturated heterocycles. The molecule has 1 aromatic carbocycles.